The predicted molar refractivity (Wildman–Crippen MR) is 47.9 cm³/mol. The lowest BCUT2D eigenvalue weighted by Crippen LogP contribution is -2.53. The first-order valence-corrected chi connectivity index (χ1v) is 5.46. The van der Waals surface area contributed by atoms with Crippen molar-refractivity contribution in [3.05, 3.63) is 0 Å². The normalized spacial score (nSPS) is 30.4. The Labute approximate surface area is 73.9 Å². The maximum Gasteiger partial charge on any atom is 0.147 e. The molecule has 0 radical (unpaired) electrons. The van der Waals surface area contributed by atoms with Crippen molar-refractivity contribution in [3.63, 3.8) is 0 Å². The standard InChI is InChI=1S/C6H13NO2S.ClH/c1-5-6(3-7-5)4-10(2,8)9;/h5-7H,3-4H2,1-2H3;1H/t5-,6-;/m1./s1. The maximum atomic E-state index is 10.8. The molecule has 11 heavy (non-hydrogen) atoms. The van der Waals surface area contributed by atoms with E-state index in [-0.39, 0.29) is 12.4 Å². The van der Waals surface area contributed by atoms with E-state index in [1.54, 1.807) is 0 Å². The average molecular weight is 200 g/mol. The Bertz CT molecular complexity index is 215. The summed E-state index contributed by atoms with van der Waals surface area (Å²) in [6.45, 7) is 2.87. The van der Waals surface area contributed by atoms with E-state index in [9.17, 15) is 8.42 Å². The minimum atomic E-state index is -2.76. The van der Waals surface area contributed by atoms with Crippen LogP contribution in [0, 0.1) is 5.92 Å². The molecule has 0 aromatic rings. The second-order valence-electron chi connectivity index (χ2n) is 3.05. The molecule has 5 heteroatoms. The van der Waals surface area contributed by atoms with Crippen LogP contribution < -0.4 is 5.32 Å². The van der Waals surface area contributed by atoms with Crippen LogP contribution in [0.3, 0.4) is 0 Å². The number of hydrogen-bond acceptors (Lipinski definition) is 3. The Morgan fingerprint density at radius 1 is 1.55 bits per heavy atom. The number of rotatable bonds is 2. The Balaban J connectivity index is 0.000001000. The predicted octanol–water partition coefficient (Wildman–Crippen LogP) is 0.0607. The van der Waals surface area contributed by atoms with Gasteiger partial charge >= 0.3 is 0 Å². The van der Waals surface area contributed by atoms with Crippen LogP contribution in [-0.4, -0.2) is 33.0 Å². The quantitative estimate of drug-likeness (QED) is 0.685. The molecule has 2 atom stereocenters. The summed E-state index contributed by atoms with van der Waals surface area (Å²) in [5, 5.41) is 3.12. The summed E-state index contributed by atoms with van der Waals surface area (Å²) in [4.78, 5) is 0. The highest BCUT2D eigenvalue weighted by Crippen LogP contribution is 2.13. The first-order valence-electron chi connectivity index (χ1n) is 3.40. The lowest BCUT2D eigenvalue weighted by Gasteiger charge is -2.34. The van der Waals surface area contributed by atoms with Crippen molar-refractivity contribution in [2.24, 2.45) is 5.92 Å². The van der Waals surface area contributed by atoms with E-state index in [0.29, 0.717) is 17.7 Å². The molecule has 0 amide bonds. The smallest absolute Gasteiger partial charge is 0.147 e. The van der Waals surface area contributed by atoms with Gasteiger partial charge in [-0.3, -0.25) is 0 Å². The van der Waals surface area contributed by atoms with Gasteiger partial charge in [0.05, 0.1) is 5.75 Å². The van der Waals surface area contributed by atoms with Gasteiger partial charge in [0.2, 0.25) is 0 Å². The highest BCUT2D eigenvalue weighted by molar-refractivity contribution is 7.90. The molecule has 3 nitrogen and oxygen atoms in total. The van der Waals surface area contributed by atoms with E-state index < -0.39 is 9.84 Å². The molecule has 1 saturated heterocycles. The Kier molecular flexibility index (Phi) is 3.80. The van der Waals surface area contributed by atoms with Crippen molar-refractivity contribution in [1.82, 2.24) is 5.32 Å². The summed E-state index contributed by atoms with van der Waals surface area (Å²) >= 11 is 0. The Hall–Kier alpha value is 0.200. The van der Waals surface area contributed by atoms with Crippen LogP contribution in [0.4, 0.5) is 0 Å². The monoisotopic (exact) mass is 199 g/mol. The van der Waals surface area contributed by atoms with Gasteiger partial charge in [-0.15, -0.1) is 12.4 Å². The zero-order valence-corrected chi connectivity index (χ0v) is 8.33. The van der Waals surface area contributed by atoms with Crippen molar-refractivity contribution in [3.8, 4) is 0 Å². The summed E-state index contributed by atoms with van der Waals surface area (Å²) in [7, 11) is -2.76. The van der Waals surface area contributed by atoms with Gasteiger partial charge in [-0.1, -0.05) is 0 Å². The second kappa shape index (κ2) is 3.74. The largest absolute Gasteiger partial charge is 0.314 e. The number of hydrogen-bond donors (Lipinski definition) is 1. The van der Waals surface area contributed by atoms with Gasteiger partial charge in [0.25, 0.3) is 0 Å². The van der Waals surface area contributed by atoms with E-state index in [2.05, 4.69) is 5.32 Å². The van der Waals surface area contributed by atoms with Crippen LogP contribution in [0.1, 0.15) is 6.92 Å². The van der Waals surface area contributed by atoms with Gasteiger partial charge in [0.1, 0.15) is 9.84 Å². The molecule has 0 saturated carbocycles. The van der Waals surface area contributed by atoms with Gasteiger partial charge in [0, 0.05) is 24.8 Å². The zero-order valence-electron chi connectivity index (χ0n) is 6.70. The van der Waals surface area contributed by atoms with Gasteiger partial charge in [-0.2, -0.15) is 0 Å². The van der Waals surface area contributed by atoms with Gasteiger partial charge in [0.15, 0.2) is 0 Å². The summed E-state index contributed by atoms with van der Waals surface area (Å²) < 4.78 is 21.5. The molecule has 1 N–H and O–H groups in total. The maximum absolute atomic E-state index is 10.8. The van der Waals surface area contributed by atoms with Crippen LogP contribution in [0.5, 0.6) is 0 Å². The first-order chi connectivity index (χ1) is 4.49. The SMILES string of the molecule is C[C@H]1NC[C@@H]1CS(C)(=O)=O.Cl. The molecular formula is C6H14ClNO2S. The zero-order chi connectivity index (χ0) is 7.78. The third-order valence-electron chi connectivity index (χ3n) is 1.93. The summed E-state index contributed by atoms with van der Waals surface area (Å²) in [5.41, 5.74) is 0. The van der Waals surface area contributed by atoms with E-state index in [1.807, 2.05) is 6.92 Å². The molecule has 1 rings (SSSR count). The topological polar surface area (TPSA) is 46.2 Å². The molecule has 0 bridgehead atoms. The Morgan fingerprint density at radius 2 is 2.09 bits per heavy atom. The van der Waals surface area contributed by atoms with Crippen molar-refractivity contribution >= 4 is 22.2 Å². The van der Waals surface area contributed by atoms with Gasteiger partial charge in [-0.25, -0.2) is 8.42 Å². The van der Waals surface area contributed by atoms with Crippen molar-refractivity contribution < 1.29 is 8.42 Å². The Morgan fingerprint density at radius 3 is 2.18 bits per heavy atom. The molecule has 0 aliphatic carbocycles. The fourth-order valence-electron chi connectivity index (χ4n) is 1.11. The molecule has 1 fully saturated rings. The average Bonchev–Trinajstić information content (AvgIpc) is 1.78. The summed E-state index contributed by atoms with van der Waals surface area (Å²) in [6, 6.07) is 0.384. The third kappa shape index (κ3) is 3.40. The molecule has 0 spiro atoms. The molecule has 0 aromatic carbocycles. The lowest BCUT2D eigenvalue weighted by molar-refractivity contribution is 0.276. The van der Waals surface area contributed by atoms with Crippen molar-refractivity contribution in [1.29, 1.82) is 0 Å². The summed E-state index contributed by atoms with van der Waals surface area (Å²) in [6.07, 6.45) is 1.29. The van der Waals surface area contributed by atoms with E-state index in [4.69, 9.17) is 0 Å². The molecule has 0 unspecified atom stereocenters. The minimum absolute atomic E-state index is 0. The number of halogens is 1. The van der Waals surface area contributed by atoms with Gasteiger partial charge in [-0.05, 0) is 6.92 Å². The van der Waals surface area contributed by atoms with Crippen LogP contribution in [0.15, 0.2) is 0 Å². The first kappa shape index (κ1) is 11.2. The number of nitrogens with one attached hydrogen (secondary N) is 1. The molecular weight excluding hydrogens is 186 g/mol. The minimum Gasteiger partial charge on any atom is -0.314 e. The van der Waals surface area contributed by atoms with Crippen LogP contribution in [-0.2, 0) is 9.84 Å². The fraction of sp³-hybridized carbons (Fsp3) is 1.00. The molecule has 0 aromatic heterocycles. The van der Waals surface area contributed by atoms with E-state index in [1.165, 1.54) is 6.26 Å². The molecule has 1 aliphatic heterocycles. The van der Waals surface area contributed by atoms with Crippen LogP contribution in [0.25, 0.3) is 0 Å². The molecule has 1 aliphatic rings. The van der Waals surface area contributed by atoms with Crippen molar-refractivity contribution in [2.45, 2.75) is 13.0 Å². The van der Waals surface area contributed by atoms with Crippen molar-refractivity contribution in [2.75, 3.05) is 18.6 Å². The fourth-order valence-corrected chi connectivity index (χ4v) is 2.30. The van der Waals surface area contributed by atoms with Crippen LogP contribution in [0.2, 0.25) is 0 Å². The highest BCUT2D eigenvalue weighted by Gasteiger charge is 2.28. The second-order valence-corrected chi connectivity index (χ2v) is 5.23. The molecule has 1 heterocycles. The van der Waals surface area contributed by atoms with E-state index >= 15 is 0 Å². The van der Waals surface area contributed by atoms with Gasteiger partial charge < -0.3 is 5.32 Å². The third-order valence-corrected chi connectivity index (χ3v) is 2.96. The van der Waals surface area contributed by atoms with E-state index in [0.717, 1.165) is 6.54 Å². The van der Waals surface area contributed by atoms with Crippen LogP contribution >= 0.6 is 12.4 Å². The summed E-state index contributed by atoms with van der Waals surface area (Å²) in [5.74, 6) is 0.677. The molecule has 68 valence electrons. The lowest BCUT2D eigenvalue weighted by atomic mass is 9.96. The number of sulfone groups is 1. The highest BCUT2D eigenvalue weighted by atomic mass is 35.5.